The van der Waals surface area contributed by atoms with E-state index in [-0.39, 0.29) is 5.92 Å². The van der Waals surface area contributed by atoms with Gasteiger partial charge in [0.05, 0.1) is 5.75 Å². The SMILES string of the molecule is Cc1nonc1CC1CSCC1=O. The Bertz CT molecular complexity index is 324. The largest absolute Gasteiger partial charge is 0.298 e. The van der Waals surface area contributed by atoms with Gasteiger partial charge in [0.15, 0.2) is 0 Å². The maximum absolute atomic E-state index is 11.3. The van der Waals surface area contributed by atoms with E-state index < -0.39 is 0 Å². The molecule has 5 heteroatoms. The lowest BCUT2D eigenvalue weighted by Crippen LogP contribution is -2.14. The highest BCUT2D eigenvalue weighted by atomic mass is 32.2. The van der Waals surface area contributed by atoms with Gasteiger partial charge in [0.1, 0.15) is 17.2 Å². The molecule has 0 saturated carbocycles. The summed E-state index contributed by atoms with van der Waals surface area (Å²) < 4.78 is 4.57. The van der Waals surface area contributed by atoms with Crippen molar-refractivity contribution in [3.63, 3.8) is 0 Å². The normalized spacial score (nSPS) is 22.5. The van der Waals surface area contributed by atoms with Crippen molar-refractivity contribution < 1.29 is 9.42 Å². The van der Waals surface area contributed by atoms with E-state index in [9.17, 15) is 4.79 Å². The van der Waals surface area contributed by atoms with Crippen LogP contribution in [0.1, 0.15) is 11.4 Å². The summed E-state index contributed by atoms with van der Waals surface area (Å²) in [5.41, 5.74) is 1.62. The number of nitrogens with zero attached hydrogens (tertiary/aromatic N) is 2. The molecule has 2 heterocycles. The molecule has 1 saturated heterocycles. The Labute approximate surface area is 80.0 Å². The Kier molecular flexibility index (Phi) is 2.35. The third-order valence-electron chi connectivity index (χ3n) is 2.20. The van der Waals surface area contributed by atoms with E-state index in [0.29, 0.717) is 18.0 Å². The number of hydrogen-bond donors (Lipinski definition) is 0. The van der Waals surface area contributed by atoms with Gasteiger partial charge in [-0.1, -0.05) is 10.3 Å². The van der Waals surface area contributed by atoms with Crippen LogP contribution in [0.3, 0.4) is 0 Å². The minimum atomic E-state index is 0.121. The topological polar surface area (TPSA) is 56.0 Å². The zero-order valence-corrected chi connectivity index (χ0v) is 8.13. The van der Waals surface area contributed by atoms with Crippen LogP contribution in [0.15, 0.2) is 4.63 Å². The first kappa shape index (κ1) is 8.74. The van der Waals surface area contributed by atoms with E-state index in [1.807, 2.05) is 6.92 Å². The predicted octanol–water partition coefficient (Wildman–Crippen LogP) is 0.853. The zero-order valence-electron chi connectivity index (χ0n) is 7.32. The van der Waals surface area contributed by atoms with Crippen LogP contribution < -0.4 is 0 Å². The van der Waals surface area contributed by atoms with Crippen molar-refractivity contribution >= 4 is 17.5 Å². The molecule has 0 radical (unpaired) electrons. The smallest absolute Gasteiger partial charge is 0.147 e. The molecule has 1 unspecified atom stereocenters. The number of carbonyl (C=O) groups excluding carboxylic acids is 1. The maximum Gasteiger partial charge on any atom is 0.147 e. The van der Waals surface area contributed by atoms with Crippen LogP contribution in [0, 0.1) is 12.8 Å². The molecule has 70 valence electrons. The molecule has 1 fully saturated rings. The van der Waals surface area contributed by atoms with Crippen LogP contribution in [0.2, 0.25) is 0 Å². The lowest BCUT2D eigenvalue weighted by atomic mass is 10.0. The van der Waals surface area contributed by atoms with E-state index >= 15 is 0 Å². The molecule has 1 aromatic heterocycles. The van der Waals surface area contributed by atoms with Gasteiger partial charge in [-0.25, -0.2) is 4.63 Å². The van der Waals surface area contributed by atoms with Crippen LogP contribution >= 0.6 is 11.8 Å². The highest BCUT2D eigenvalue weighted by Crippen LogP contribution is 2.23. The Hall–Kier alpha value is -0.840. The molecule has 13 heavy (non-hydrogen) atoms. The van der Waals surface area contributed by atoms with Crippen molar-refractivity contribution in [2.24, 2.45) is 5.92 Å². The van der Waals surface area contributed by atoms with Gasteiger partial charge in [-0.3, -0.25) is 4.79 Å². The molecule has 4 nitrogen and oxygen atoms in total. The molecule has 1 aliphatic heterocycles. The lowest BCUT2D eigenvalue weighted by Gasteiger charge is -2.02. The van der Waals surface area contributed by atoms with Crippen LogP contribution in [-0.2, 0) is 11.2 Å². The van der Waals surface area contributed by atoms with E-state index in [0.717, 1.165) is 17.1 Å². The fraction of sp³-hybridized carbons (Fsp3) is 0.625. The third kappa shape index (κ3) is 1.75. The standard InChI is InChI=1S/C8H10N2O2S/c1-5-7(10-12-9-5)2-6-3-13-4-8(6)11/h6H,2-4H2,1H3. The maximum atomic E-state index is 11.3. The molecule has 1 atom stereocenters. The highest BCUT2D eigenvalue weighted by Gasteiger charge is 2.26. The zero-order chi connectivity index (χ0) is 9.26. The van der Waals surface area contributed by atoms with Crippen LogP contribution in [0.4, 0.5) is 0 Å². The van der Waals surface area contributed by atoms with Crippen LogP contribution in [0.25, 0.3) is 0 Å². The Morgan fingerprint density at radius 2 is 2.46 bits per heavy atom. The van der Waals surface area contributed by atoms with E-state index in [1.165, 1.54) is 0 Å². The first-order chi connectivity index (χ1) is 6.27. The average Bonchev–Trinajstić information content (AvgIpc) is 2.65. The molecule has 0 N–H and O–H groups in total. The third-order valence-corrected chi connectivity index (χ3v) is 3.33. The number of Topliss-reactive ketones (excluding diaryl/α,β-unsaturated/α-hetero) is 1. The number of thioether (sulfide) groups is 1. The number of rotatable bonds is 2. The summed E-state index contributed by atoms with van der Waals surface area (Å²) in [5.74, 6) is 2.00. The Balaban J connectivity index is 2.06. The van der Waals surface area contributed by atoms with E-state index in [1.54, 1.807) is 11.8 Å². The molecular formula is C8H10N2O2S. The van der Waals surface area contributed by atoms with Gasteiger partial charge in [0.25, 0.3) is 0 Å². The second-order valence-electron chi connectivity index (χ2n) is 3.18. The van der Waals surface area contributed by atoms with E-state index in [4.69, 9.17) is 0 Å². The summed E-state index contributed by atoms with van der Waals surface area (Å²) >= 11 is 1.69. The molecule has 2 rings (SSSR count). The highest BCUT2D eigenvalue weighted by molar-refractivity contribution is 8.00. The summed E-state index contributed by atoms with van der Waals surface area (Å²) in [6, 6.07) is 0. The van der Waals surface area contributed by atoms with Crippen LogP contribution in [0.5, 0.6) is 0 Å². The summed E-state index contributed by atoms with van der Waals surface area (Å²) in [6.45, 7) is 1.85. The fourth-order valence-electron chi connectivity index (χ4n) is 1.35. The fourth-order valence-corrected chi connectivity index (χ4v) is 2.50. The van der Waals surface area contributed by atoms with Crippen molar-refractivity contribution in [2.45, 2.75) is 13.3 Å². The summed E-state index contributed by atoms with van der Waals surface area (Å²) in [7, 11) is 0. The van der Waals surface area contributed by atoms with Gasteiger partial charge in [-0.2, -0.15) is 11.8 Å². The van der Waals surface area contributed by atoms with Gasteiger partial charge in [-0.15, -0.1) is 0 Å². The quantitative estimate of drug-likeness (QED) is 0.705. The summed E-state index contributed by atoms with van der Waals surface area (Å²) in [5, 5.41) is 7.45. The van der Waals surface area contributed by atoms with Gasteiger partial charge < -0.3 is 0 Å². The summed E-state index contributed by atoms with van der Waals surface area (Å²) in [4.78, 5) is 11.3. The lowest BCUT2D eigenvalue weighted by molar-refractivity contribution is -0.119. The Morgan fingerprint density at radius 1 is 1.62 bits per heavy atom. The van der Waals surface area contributed by atoms with E-state index in [2.05, 4.69) is 14.9 Å². The molecule has 0 bridgehead atoms. The van der Waals surface area contributed by atoms with Gasteiger partial charge >= 0.3 is 0 Å². The Morgan fingerprint density at radius 3 is 3.00 bits per heavy atom. The predicted molar refractivity (Wildman–Crippen MR) is 48.6 cm³/mol. The molecule has 1 aliphatic rings. The minimum Gasteiger partial charge on any atom is -0.298 e. The number of carbonyl (C=O) groups is 1. The van der Waals surface area contributed by atoms with Gasteiger partial charge in [0.2, 0.25) is 0 Å². The number of hydrogen-bond acceptors (Lipinski definition) is 5. The van der Waals surface area contributed by atoms with Gasteiger partial charge in [-0.05, 0) is 6.92 Å². The average molecular weight is 198 g/mol. The monoisotopic (exact) mass is 198 g/mol. The molecule has 0 spiro atoms. The van der Waals surface area contributed by atoms with Crippen molar-refractivity contribution in [3.8, 4) is 0 Å². The van der Waals surface area contributed by atoms with Crippen molar-refractivity contribution in [3.05, 3.63) is 11.4 Å². The molecule has 0 aliphatic carbocycles. The first-order valence-corrected chi connectivity index (χ1v) is 5.31. The number of aromatic nitrogens is 2. The molecule has 0 amide bonds. The second kappa shape index (κ2) is 3.49. The first-order valence-electron chi connectivity index (χ1n) is 4.16. The minimum absolute atomic E-state index is 0.121. The second-order valence-corrected chi connectivity index (χ2v) is 4.21. The van der Waals surface area contributed by atoms with Crippen molar-refractivity contribution in [1.29, 1.82) is 0 Å². The van der Waals surface area contributed by atoms with Crippen LogP contribution in [-0.4, -0.2) is 27.6 Å². The van der Waals surface area contributed by atoms with Crippen molar-refractivity contribution in [1.82, 2.24) is 10.3 Å². The van der Waals surface area contributed by atoms with Crippen molar-refractivity contribution in [2.75, 3.05) is 11.5 Å². The molecular weight excluding hydrogens is 188 g/mol. The molecule has 0 aromatic carbocycles. The number of ketones is 1. The van der Waals surface area contributed by atoms with Gasteiger partial charge in [0, 0.05) is 18.1 Å². The summed E-state index contributed by atoms with van der Waals surface area (Å²) in [6.07, 6.45) is 0.682. The number of aryl methyl sites for hydroxylation is 1. The molecule has 1 aromatic rings.